The summed E-state index contributed by atoms with van der Waals surface area (Å²) in [4.78, 5) is 25.3. The molecule has 0 N–H and O–H groups in total. The second-order valence-electron chi connectivity index (χ2n) is 4.85. The Bertz CT molecular complexity index is 543. The number of methoxy groups -OCH3 is 1. The zero-order valence-corrected chi connectivity index (χ0v) is 12.2. The van der Waals surface area contributed by atoms with Crippen molar-refractivity contribution in [3.05, 3.63) is 27.4 Å². The number of hydrogen-bond acceptors (Lipinski definition) is 6. The summed E-state index contributed by atoms with van der Waals surface area (Å²) in [6, 6.07) is 1.21. The van der Waals surface area contributed by atoms with Crippen LogP contribution in [-0.4, -0.2) is 29.1 Å². The summed E-state index contributed by atoms with van der Waals surface area (Å²) >= 11 is 5.93. The van der Waals surface area contributed by atoms with Crippen LogP contribution in [0.4, 0.5) is 5.69 Å². The largest absolute Gasteiger partial charge is 0.473 e. The van der Waals surface area contributed by atoms with Gasteiger partial charge in [0.2, 0.25) is 5.88 Å². The average molecular weight is 315 g/mol. The van der Waals surface area contributed by atoms with Crippen LogP contribution in [0.1, 0.15) is 25.7 Å². The molecule has 0 saturated heterocycles. The Morgan fingerprint density at radius 1 is 1.43 bits per heavy atom. The predicted molar refractivity (Wildman–Crippen MR) is 74.3 cm³/mol. The van der Waals surface area contributed by atoms with Gasteiger partial charge in [-0.25, -0.2) is 4.98 Å². The summed E-state index contributed by atoms with van der Waals surface area (Å²) in [7, 11) is 1.38. The maximum Gasteiger partial charge on any atom is 0.308 e. The van der Waals surface area contributed by atoms with Gasteiger partial charge in [0.1, 0.15) is 17.3 Å². The number of aromatic nitrogens is 1. The van der Waals surface area contributed by atoms with E-state index in [1.807, 2.05) is 0 Å². The maximum atomic E-state index is 11.4. The fourth-order valence-corrected chi connectivity index (χ4v) is 2.55. The number of carbonyl (C=O) groups is 1. The lowest BCUT2D eigenvalue weighted by Gasteiger charge is -2.27. The molecule has 1 aromatic rings. The summed E-state index contributed by atoms with van der Waals surface area (Å²) in [6.45, 7) is 0. The number of hydrogen-bond donors (Lipinski definition) is 0. The molecule has 0 radical (unpaired) electrons. The van der Waals surface area contributed by atoms with E-state index in [0.29, 0.717) is 25.7 Å². The lowest BCUT2D eigenvalue weighted by Crippen LogP contribution is -2.28. The van der Waals surface area contributed by atoms with Gasteiger partial charge < -0.3 is 9.47 Å². The zero-order valence-electron chi connectivity index (χ0n) is 11.5. The third kappa shape index (κ3) is 3.81. The minimum atomic E-state index is -0.565. The van der Waals surface area contributed by atoms with Crippen molar-refractivity contribution in [1.29, 1.82) is 0 Å². The van der Waals surface area contributed by atoms with Crippen molar-refractivity contribution in [3.8, 4) is 5.88 Å². The summed E-state index contributed by atoms with van der Waals surface area (Å²) in [5, 5.41) is 10.7. The first-order chi connectivity index (χ1) is 10.0. The Morgan fingerprint density at radius 3 is 2.62 bits per heavy atom. The van der Waals surface area contributed by atoms with Crippen LogP contribution in [0, 0.1) is 16.0 Å². The number of pyridine rings is 1. The Morgan fingerprint density at radius 2 is 2.10 bits per heavy atom. The third-order valence-corrected chi connectivity index (χ3v) is 3.76. The van der Waals surface area contributed by atoms with Crippen LogP contribution in [0.25, 0.3) is 0 Å². The van der Waals surface area contributed by atoms with Crippen molar-refractivity contribution in [2.75, 3.05) is 7.11 Å². The summed E-state index contributed by atoms with van der Waals surface area (Å²) in [5.41, 5.74) is -0.179. The van der Waals surface area contributed by atoms with Gasteiger partial charge in [-0.2, -0.15) is 0 Å². The van der Waals surface area contributed by atoms with Crippen LogP contribution in [0.15, 0.2) is 12.3 Å². The molecule has 0 spiro atoms. The highest BCUT2D eigenvalue weighted by molar-refractivity contribution is 6.32. The lowest BCUT2D eigenvalue weighted by molar-refractivity contribution is -0.385. The Kier molecular flexibility index (Phi) is 4.95. The predicted octanol–water partition coefficient (Wildman–Crippen LogP) is 2.75. The molecule has 1 aliphatic carbocycles. The van der Waals surface area contributed by atoms with Gasteiger partial charge in [0.05, 0.1) is 18.0 Å². The van der Waals surface area contributed by atoms with Gasteiger partial charge in [-0.3, -0.25) is 14.9 Å². The molecule has 1 fully saturated rings. The number of esters is 1. The monoisotopic (exact) mass is 314 g/mol. The van der Waals surface area contributed by atoms with Crippen molar-refractivity contribution >= 4 is 23.3 Å². The maximum absolute atomic E-state index is 11.4. The van der Waals surface area contributed by atoms with Gasteiger partial charge in [0, 0.05) is 6.07 Å². The average Bonchev–Trinajstić information content (AvgIpc) is 2.49. The standard InChI is InChI=1S/C13H15ClN2O5/c1-20-13(17)8-2-4-10(5-3-8)21-12-11(14)6-9(7-15-12)16(18)19/h6-8,10H,2-5H2,1H3. The van der Waals surface area contributed by atoms with E-state index in [9.17, 15) is 14.9 Å². The molecule has 0 unspecified atom stereocenters. The van der Waals surface area contributed by atoms with Crippen LogP contribution in [0.5, 0.6) is 5.88 Å². The van der Waals surface area contributed by atoms with E-state index in [1.54, 1.807) is 0 Å². The highest BCUT2D eigenvalue weighted by atomic mass is 35.5. The van der Waals surface area contributed by atoms with Crippen LogP contribution in [0.2, 0.25) is 5.02 Å². The van der Waals surface area contributed by atoms with Gasteiger partial charge >= 0.3 is 5.97 Å². The van der Waals surface area contributed by atoms with E-state index in [-0.39, 0.29) is 34.6 Å². The van der Waals surface area contributed by atoms with Crippen molar-refractivity contribution in [1.82, 2.24) is 4.98 Å². The van der Waals surface area contributed by atoms with E-state index < -0.39 is 4.92 Å². The Labute approximate surface area is 126 Å². The highest BCUT2D eigenvalue weighted by Gasteiger charge is 2.28. The van der Waals surface area contributed by atoms with Gasteiger partial charge in [0.25, 0.3) is 5.69 Å². The Hall–Kier alpha value is -1.89. The molecule has 0 aromatic carbocycles. The topological polar surface area (TPSA) is 91.6 Å². The highest BCUT2D eigenvalue weighted by Crippen LogP contribution is 2.31. The van der Waals surface area contributed by atoms with Crippen molar-refractivity contribution < 1.29 is 19.2 Å². The number of halogens is 1. The smallest absolute Gasteiger partial charge is 0.308 e. The first kappa shape index (κ1) is 15.5. The normalized spacial score (nSPS) is 21.6. The lowest BCUT2D eigenvalue weighted by atomic mass is 9.87. The molecular formula is C13H15ClN2O5. The molecule has 1 aliphatic rings. The molecule has 114 valence electrons. The first-order valence-corrected chi connectivity index (χ1v) is 6.93. The van der Waals surface area contributed by atoms with Crippen LogP contribution >= 0.6 is 11.6 Å². The van der Waals surface area contributed by atoms with Gasteiger partial charge in [-0.05, 0) is 25.7 Å². The van der Waals surface area contributed by atoms with Gasteiger partial charge in [-0.15, -0.1) is 0 Å². The number of carbonyl (C=O) groups excluding carboxylic acids is 1. The number of nitrogens with zero attached hydrogens (tertiary/aromatic N) is 2. The zero-order chi connectivity index (χ0) is 15.4. The molecule has 0 atom stereocenters. The molecule has 0 amide bonds. The summed E-state index contributed by atoms with van der Waals surface area (Å²) in [5.74, 6) is -0.0983. The van der Waals surface area contributed by atoms with Crippen molar-refractivity contribution in [2.24, 2.45) is 5.92 Å². The molecule has 0 aliphatic heterocycles. The molecule has 1 heterocycles. The van der Waals surface area contributed by atoms with Crippen LogP contribution in [0.3, 0.4) is 0 Å². The SMILES string of the molecule is COC(=O)C1CCC(Oc2ncc([N+](=O)[O-])cc2Cl)CC1. The van der Waals surface area contributed by atoms with Gasteiger partial charge in [0.15, 0.2) is 0 Å². The summed E-state index contributed by atoms with van der Waals surface area (Å²) in [6.07, 6.45) is 3.76. The van der Waals surface area contributed by atoms with E-state index >= 15 is 0 Å². The first-order valence-electron chi connectivity index (χ1n) is 6.55. The Balaban J connectivity index is 1.95. The fraction of sp³-hybridized carbons (Fsp3) is 0.538. The van der Waals surface area contributed by atoms with E-state index in [1.165, 1.54) is 13.2 Å². The van der Waals surface area contributed by atoms with E-state index in [4.69, 9.17) is 21.1 Å². The minimum Gasteiger partial charge on any atom is -0.473 e. The summed E-state index contributed by atoms with van der Waals surface area (Å²) < 4.78 is 10.4. The van der Waals surface area contributed by atoms with Crippen molar-refractivity contribution in [2.45, 2.75) is 31.8 Å². The van der Waals surface area contributed by atoms with Crippen LogP contribution in [-0.2, 0) is 9.53 Å². The molecule has 8 heteroatoms. The number of nitro groups is 1. The molecular weight excluding hydrogens is 300 g/mol. The molecule has 21 heavy (non-hydrogen) atoms. The molecule has 1 aromatic heterocycles. The molecule has 2 rings (SSSR count). The fourth-order valence-electron chi connectivity index (χ4n) is 2.34. The second-order valence-corrected chi connectivity index (χ2v) is 5.26. The minimum absolute atomic E-state index is 0.0878. The molecule has 0 bridgehead atoms. The number of rotatable bonds is 4. The van der Waals surface area contributed by atoms with Crippen LogP contribution < -0.4 is 4.74 Å². The molecule has 7 nitrogen and oxygen atoms in total. The quantitative estimate of drug-likeness (QED) is 0.482. The third-order valence-electron chi connectivity index (χ3n) is 3.49. The van der Waals surface area contributed by atoms with E-state index in [0.717, 1.165) is 6.20 Å². The second kappa shape index (κ2) is 6.71. The van der Waals surface area contributed by atoms with E-state index in [2.05, 4.69) is 4.98 Å². The van der Waals surface area contributed by atoms with Gasteiger partial charge in [-0.1, -0.05) is 11.6 Å². The molecule has 1 saturated carbocycles. The van der Waals surface area contributed by atoms with Crippen molar-refractivity contribution in [3.63, 3.8) is 0 Å². The number of ether oxygens (including phenoxy) is 2.